The van der Waals surface area contributed by atoms with Gasteiger partial charge in [0.15, 0.2) is 0 Å². The van der Waals surface area contributed by atoms with Crippen molar-refractivity contribution in [3.63, 3.8) is 0 Å². The van der Waals surface area contributed by atoms with E-state index < -0.39 is 0 Å². The Morgan fingerprint density at radius 1 is 1.82 bits per heavy atom. The maximum Gasteiger partial charge on any atom is 0.106 e. The molecule has 0 unspecified atom stereocenters. The van der Waals surface area contributed by atoms with Crippen LogP contribution < -0.4 is 5.73 Å². The van der Waals surface area contributed by atoms with Crippen molar-refractivity contribution >= 4 is 20.6 Å². The van der Waals surface area contributed by atoms with E-state index in [4.69, 9.17) is 11.0 Å². The molecule has 0 saturated carbocycles. The zero-order valence-electron chi connectivity index (χ0n) is 6.34. The van der Waals surface area contributed by atoms with Crippen LogP contribution >= 0.6 is 15.9 Å². The highest BCUT2D eigenvalue weighted by Crippen LogP contribution is 2.07. The fraction of sp³-hybridized carbons (Fsp3) is 0.429. The number of aliphatic imine (C=N–C) groups is 1. The summed E-state index contributed by atoms with van der Waals surface area (Å²) in [4.78, 5) is 4.05. The summed E-state index contributed by atoms with van der Waals surface area (Å²) in [5.41, 5.74) is 6.00. The van der Waals surface area contributed by atoms with E-state index in [0.29, 0.717) is 17.6 Å². The average molecular weight is 216 g/mol. The number of nitrogens with two attached hydrogens (primary N) is 1. The van der Waals surface area contributed by atoms with Crippen LogP contribution in [0.5, 0.6) is 0 Å². The molecular weight excluding hydrogens is 206 g/mol. The van der Waals surface area contributed by atoms with E-state index in [0.717, 1.165) is 5.57 Å². The van der Waals surface area contributed by atoms with Gasteiger partial charge in [0.05, 0.1) is 12.5 Å². The normalized spacial score (nSPS) is 12.8. The van der Waals surface area contributed by atoms with Gasteiger partial charge in [-0.1, -0.05) is 0 Å². The van der Waals surface area contributed by atoms with Crippen molar-refractivity contribution in [3.8, 4) is 6.07 Å². The van der Waals surface area contributed by atoms with Crippen molar-refractivity contribution < 1.29 is 0 Å². The molecule has 0 amide bonds. The number of halogens is 1. The fourth-order valence-electron chi connectivity index (χ4n) is 0.526. The van der Waals surface area contributed by atoms with E-state index in [1.165, 1.54) is 6.20 Å². The van der Waals surface area contributed by atoms with Crippen LogP contribution in [0.25, 0.3) is 0 Å². The second-order valence-corrected chi connectivity index (χ2v) is 2.54. The van der Waals surface area contributed by atoms with Crippen LogP contribution in [-0.2, 0) is 0 Å². The van der Waals surface area contributed by atoms with Crippen LogP contribution in [0.1, 0.15) is 13.3 Å². The summed E-state index contributed by atoms with van der Waals surface area (Å²) in [5.74, 6) is 0. The molecule has 0 atom stereocenters. The predicted octanol–water partition coefficient (Wildman–Crippen LogP) is 1.56. The summed E-state index contributed by atoms with van der Waals surface area (Å²) in [6.07, 6.45) is 1.69. The largest absolute Gasteiger partial charge is 0.404 e. The van der Waals surface area contributed by atoms with Crippen molar-refractivity contribution in [1.82, 2.24) is 0 Å². The molecule has 0 aromatic heterocycles. The summed E-state index contributed by atoms with van der Waals surface area (Å²) < 4.78 is 0.670. The van der Waals surface area contributed by atoms with Gasteiger partial charge in [0, 0.05) is 18.3 Å². The quantitative estimate of drug-likeness (QED) is 0.727. The summed E-state index contributed by atoms with van der Waals surface area (Å²) in [6.45, 7) is 2.60. The Labute approximate surface area is 74.7 Å². The molecule has 0 aliphatic heterocycles. The van der Waals surface area contributed by atoms with Gasteiger partial charge in [0.25, 0.3) is 0 Å². The first kappa shape index (κ1) is 10.2. The fourth-order valence-corrected chi connectivity index (χ4v) is 1.05. The van der Waals surface area contributed by atoms with Crippen LogP contribution in [0, 0.1) is 11.3 Å². The average Bonchev–Trinajstić information content (AvgIpc) is 2.00. The predicted molar refractivity (Wildman–Crippen MR) is 49.4 cm³/mol. The van der Waals surface area contributed by atoms with Crippen molar-refractivity contribution in [2.24, 2.45) is 10.7 Å². The zero-order valence-corrected chi connectivity index (χ0v) is 7.93. The third kappa shape index (κ3) is 3.79. The van der Waals surface area contributed by atoms with Crippen LogP contribution in [0.2, 0.25) is 0 Å². The Hall–Kier alpha value is -0.820. The minimum absolute atomic E-state index is 0.292. The van der Waals surface area contributed by atoms with E-state index >= 15 is 0 Å². The smallest absolute Gasteiger partial charge is 0.106 e. The van der Waals surface area contributed by atoms with E-state index in [-0.39, 0.29) is 0 Å². The van der Waals surface area contributed by atoms with E-state index in [1.54, 1.807) is 0 Å². The van der Waals surface area contributed by atoms with E-state index in [2.05, 4.69) is 20.9 Å². The maximum absolute atomic E-state index is 8.36. The molecule has 0 saturated heterocycles. The summed E-state index contributed by atoms with van der Waals surface area (Å²) in [6, 6.07) is 2.00. The lowest BCUT2D eigenvalue weighted by Gasteiger charge is -1.97. The van der Waals surface area contributed by atoms with Gasteiger partial charge in [-0.2, -0.15) is 5.26 Å². The molecular formula is C7H10BrN3. The lowest BCUT2D eigenvalue weighted by molar-refractivity contribution is 1.13. The highest BCUT2D eigenvalue weighted by atomic mass is 79.9. The van der Waals surface area contributed by atoms with Crippen molar-refractivity contribution in [2.75, 3.05) is 6.54 Å². The number of nitriles is 1. The number of nitrogens with zero attached hydrogens (tertiary/aromatic N) is 2. The van der Waals surface area contributed by atoms with Gasteiger partial charge in [-0.3, -0.25) is 4.99 Å². The molecule has 0 radical (unpaired) electrons. The monoisotopic (exact) mass is 215 g/mol. The number of hydrogen-bond acceptors (Lipinski definition) is 3. The molecule has 0 fully saturated rings. The summed E-state index contributed by atoms with van der Waals surface area (Å²) in [7, 11) is 0. The lowest BCUT2D eigenvalue weighted by atomic mass is 10.2. The van der Waals surface area contributed by atoms with Gasteiger partial charge in [-0.25, -0.2) is 0 Å². The second-order valence-electron chi connectivity index (χ2n) is 1.79. The molecule has 3 nitrogen and oxygen atoms in total. The molecule has 0 heterocycles. The van der Waals surface area contributed by atoms with Gasteiger partial charge in [0.1, 0.15) is 4.62 Å². The first-order valence-corrected chi connectivity index (χ1v) is 4.03. The topological polar surface area (TPSA) is 62.2 Å². The maximum atomic E-state index is 8.36. The Kier molecular flexibility index (Phi) is 5.49. The zero-order chi connectivity index (χ0) is 8.69. The Morgan fingerprint density at radius 3 is 2.82 bits per heavy atom. The molecule has 0 aliphatic rings. The van der Waals surface area contributed by atoms with Gasteiger partial charge < -0.3 is 5.73 Å². The standard InChI is InChI=1S/C7H10BrN3/c1-2-11-7(8)6(5-10)3-4-9/h5H,2-3,10H2,1H3. The van der Waals surface area contributed by atoms with Gasteiger partial charge in [-0.15, -0.1) is 0 Å². The first-order valence-electron chi connectivity index (χ1n) is 3.24. The minimum Gasteiger partial charge on any atom is -0.404 e. The van der Waals surface area contributed by atoms with Crippen LogP contribution in [0.15, 0.2) is 16.8 Å². The van der Waals surface area contributed by atoms with Crippen molar-refractivity contribution in [1.29, 1.82) is 5.26 Å². The molecule has 0 spiro atoms. The van der Waals surface area contributed by atoms with Gasteiger partial charge in [-0.05, 0) is 22.9 Å². The highest BCUT2D eigenvalue weighted by molar-refractivity contribution is 9.18. The Balaban J connectivity index is 4.30. The second kappa shape index (κ2) is 5.93. The Bertz CT molecular complexity index is 212. The van der Waals surface area contributed by atoms with Gasteiger partial charge >= 0.3 is 0 Å². The molecule has 0 bridgehead atoms. The molecule has 11 heavy (non-hydrogen) atoms. The number of rotatable bonds is 3. The summed E-state index contributed by atoms with van der Waals surface area (Å²) in [5, 5.41) is 8.36. The van der Waals surface area contributed by atoms with Crippen LogP contribution in [-0.4, -0.2) is 11.2 Å². The Morgan fingerprint density at radius 2 is 2.45 bits per heavy atom. The van der Waals surface area contributed by atoms with Gasteiger partial charge in [0.2, 0.25) is 0 Å². The third-order valence-corrected chi connectivity index (χ3v) is 1.79. The number of hydrogen-bond donors (Lipinski definition) is 1. The molecule has 60 valence electrons. The van der Waals surface area contributed by atoms with Crippen molar-refractivity contribution in [2.45, 2.75) is 13.3 Å². The molecule has 4 heteroatoms. The van der Waals surface area contributed by atoms with E-state index in [1.807, 2.05) is 13.0 Å². The molecule has 2 N–H and O–H groups in total. The summed E-state index contributed by atoms with van der Waals surface area (Å²) >= 11 is 3.22. The highest BCUT2D eigenvalue weighted by Gasteiger charge is 2.00. The number of allylic oxidation sites excluding steroid dienone is 1. The minimum atomic E-state index is 0.292. The third-order valence-electron chi connectivity index (χ3n) is 1.03. The molecule has 0 aromatic rings. The lowest BCUT2D eigenvalue weighted by Crippen LogP contribution is -1.97. The van der Waals surface area contributed by atoms with Crippen LogP contribution in [0.4, 0.5) is 0 Å². The van der Waals surface area contributed by atoms with Crippen molar-refractivity contribution in [3.05, 3.63) is 11.8 Å². The SMILES string of the molecule is CCN=C(Br)C(=CN)CC#N. The molecule has 0 rings (SSSR count). The van der Waals surface area contributed by atoms with Crippen LogP contribution in [0.3, 0.4) is 0 Å². The van der Waals surface area contributed by atoms with E-state index in [9.17, 15) is 0 Å². The molecule has 0 aliphatic carbocycles. The molecule has 0 aromatic carbocycles. The first-order chi connectivity index (χ1) is 5.26.